The van der Waals surface area contributed by atoms with Crippen LogP contribution in [0.4, 0.5) is 0 Å². The Kier molecular flexibility index (Phi) is 6.71. The Balaban J connectivity index is 1.99. The van der Waals surface area contributed by atoms with Gasteiger partial charge in [0.2, 0.25) is 5.91 Å². The number of hydrogen-bond acceptors (Lipinski definition) is 6. The maximum atomic E-state index is 12.4. The smallest absolute Gasteiger partial charge is 0.309 e. The lowest BCUT2D eigenvalue weighted by molar-refractivity contribution is -0.143. The molecule has 24 heavy (non-hydrogen) atoms. The molecule has 2 heterocycles. The summed E-state index contributed by atoms with van der Waals surface area (Å²) in [6.45, 7) is 0.637. The quantitative estimate of drug-likeness (QED) is 0.477. The molecule has 1 fully saturated rings. The number of aliphatic carboxylic acids is 1. The largest absolute Gasteiger partial charge is 0.481 e. The number of aryl methyl sites for hydroxylation is 1. The van der Waals surface area contributed by atoms with Crippen LogP contribution in [0.3, 0.4) is 0 Å². The lowest BCUT2D eigenvalue weighted by Crippen LogP contribution is -2.44. The van der Waals surface area contributed by atoms with Crippen LogP contribution in [-0.2, 0) is 16.0 Å². The fraction of sp³-hybridized carbons (Fsp3) is 0.667. The maximum Gasteiger partial charge on any atom is 0.309 e. The van der Waals surface area contributed by atoms with Gasteiger partial charge in [-0.05, 0) is 12.0 Å². The standard InChI is InChI=1S/C15H24N4O5/c20-9-13(10-21)18-3-4-19(8-12(7-18)15(23)24)14(22)2-1-11-5-16-17-6-11/h5-6,12-13,20-21H,1-4,7-10H2,(H,16,17)(H,23,24). The number of hydrogen-bond donors (Lipinski definition) is 4. The van der Waals surface area contributed by atoms with Crippen molar-refractivity contribution < 1.29 is 24.9 Å². The number of aromatic nitrogens is 2. The number of aromatic amines is 1. The molecule has 1 atom stereocenters. The fourth-order valence-electron chi connectivity index (χ4n) is 2.87. The summed E-state index contributed by atoms with van der Waals surface area (Å²) in [7, 11) is 0. The molecule has 0 bridgehead atoms. The minimum atomic E-state index is -0.982. The number of nitrogens with zero attached hydrogens (tertiary/aromatic N) is 3. The van der Waals surface area contributed by atoms with Crippen molar-refractivity contribution in [2.75, 3.05) is 39.4 Å². The van der Waals surface area contributed by atoms with Crippen LogP contribution in [0.25, 0.3) is 0 Å². The van der Waals surface area contributed by atoms with Crippen molar-refractivity contribution in [3.8, 4) is 0 Å². The Morgan fingerprint density at radius 2 is 2.04 bits per heavy atom. The monoisotopic (exact) mass is 340 g/mol. The number of amides is 1. The van der Waals surface area contributed by atoms with E-state index in [9.17, 15) is 24.9 Å². The van der Waals surface area contributed by atoms with Gasteiger partial charge in [-0.3, -0.25) is 19.6 Å². The van der Waals surface area contributed by atoms with Crippen molar-refractivity contribution in [1.82, 2.24) is 20.0 Å². The Hall–Kier alpha value is -1.97. The van der Waals surface area contributed by atoms with E-state index in [2.05, 4.69) is 10.2 Å². The Labute approximate surface area is 139 Å². The number of carbonyl (C=O) groups is 2. The summed E-state index contributed by atoms with van der Waals surface area (Å²) >= 11 is 0. The molecule has 1 aromatic heterocycles. The van der Waals surface area contributed by atoms with E-state index in [4.69, 9.17) is 0 Å². The van der Waals surface area contributed by atoms with Crippen LogP contribution >= 0.6 is 0 Å². The van der Waals surface area contributed by atoms with E-state index in [0.717, 1.165) is 5.56 Å². The minimum Gasteiger partial charge on any atom is -0.481 e. The summed E-state index contributed by atoms with van der Waals surface area (Å²) in [5.41, 5.74) is 0.926. The topological polar surface area (TPSA) is 130 Å². The van der Waals surface area contributed by atoms with Gasteiger partial charge in [0.25, 0.3) is 0 Å². The van der Waals surface area contributed by atoms with Gasteiger partial charge in [-0.1, -0.05) is 0 Å². The summed E-state index contributed by atoms with van der Waals surface area (Å²) in [4.78, 5) is 27.2. The Morgan fingerprint density at radius 3 is 2.62 bits per heavy atom. The van der Waals surface area contributed by atoms with E-state index in [1.165, 1.54) is 0 Å². The van der Waals surface area contributed by atoms with Gasteiger partial charge in [0.15, 0.2) is 0 Å². The number of aliphatic hydroxyl groups is 2. The molecule has 0 radical (unpaired) electrons. The molecule has 1 saturated heterocycles. The summed E-state index contributed by atoms with van der Waals surface area (Å²) in [6.07, 6.45) is 4.22. The van der Waals surface area contributed by atoms with E-state index in [-0.39, 0.29) is 38.6 Å². The molecular formula is C15H24N4O5. The van der Waals surface area contributed by atoms with Crippen LogP contribution in [0.1, 0.15) is 12.0 Å². The summed E-state index contributed by atoms with van der Waals surface area (Å²) in [6, 6.07) is -0.507. The van der Waals surface area contributed by atoms with Gasteiger partial charge in [0, 0.05) is 38.8 Å². The average Bonchev–Trinajstić information content (AvgIpc) is 2.99. The molecule has 1 aliphatic rings. The van der Waals surface area contributed by atoms with Crippen LogP contribution in [0, 0.1) is 5.92 Å². The zero-order valence-electron chi connectivity index (χ0n) is 13.5. The van der Waals surface area contributed by atoms with Gasteiger partial charge in [0.05, 0.1) is 31.4 Å². The molecule has 0 saturated carbocycles. The van der Waals surface area contributed by atoms with Crippen molar-refractivity contribution in [3.63, 3.8) is 0 Å². The summed E-state index contributed by atoms with van der Waals surface area (Å²) in [5.74, 6) is -1.83. The molecule has 134 valence electrons. The molecule has 0 aliphatic carbocycles. The van der Waals surface area contributed by atoms with Crippen LogP contribution in [-0.4, -0.2) is 92.6 Å². The van der Waals surface area contributed by atoms with E-state index >= 15 is 0 Å². The SMILES string of the molecule is O=C(O)C1CN(C(=O)CCc2cn[nH]c2)CCN(C(CO)CO)C1. The normalized spacial score (nSPS) is 19.5. The van der Waals surface area contributed by atoms with Crippen LogP contribution in [0.15, 0.2) is 12.4 Å². The lowest BCUT2D eigenvalue weighted by Gasteiger charge is -2.28. The van der Waals surface area contributed by atoms with Gasteiger partial charge in [-0.2, -0.15) is 5.10 Å². The van der Waals surface area contributed by atoms with Crippen LogP contribution < -0.4 is 0 Å². The van der Waals surface area contributed by atoms with E-state index in [1.54, 1.807) is 22.2 Å². The van der Waals surface area contributed by atoms with Gasteiger partial charge < -0.3 is 20.2 Å². The number of nitrogens with one attached hydrogen (secondary N) is 1. The highest BCUT2D eigenvalue weighted by atomic mass is 16.4. The molecule has 1 amide bonds. The maximum absolute atomic E-state index is 12.4. The third kappa shape index (κ3) is 4.76. The summed E-state index contributed by atoms with van der Waals surface area (Å²) in [5, 5.41) is 34.5. The Bertz CT molecular complexity index is 532. The molecule has 1 unspecified atom stereocenters. The second-order valence-electron chi connectivity index (χ2n) is 6.00. The van der Waals surface area contributed by atoms with Crippen molar-refractivity contribution in [2.45, 2.75) is 18.9 Å². The second-order valence-corrected chi connectivity index (χ2v) is 6.00. The minimum absolute atomic E-state index is 0.103. The Morgan fingerprint density at radius 1 is 1.29 bits per heavy atom. The first-order chi connectivity index (χ1) is 11.5. The van der Waals surface area contributed by atoms with Crippen molar-refractivity contribution >= 4 is 11.9 Å². The first kappa shape index (κ1) is 18.4. The lowest BCUT2D eigenvalue weighted by atomic mass is 10.1. The number of rotatable bonds is 7. The zero-order chi connectivity index (χ0) is 17.5. The average molecular weight is 340 g/mol. The number of carbonyl (C=O) groups excluding carboxylic acids is 1. The van der Waals surface area contributed by atoms with Crippen LogP contribution in [0.2, 0.25) is 0 Å². The molecule has 4 N–H and O–H groups in total. The first-order valence-electron chi connectivity index (χ1n) is 7.99. The number of carboxylic acid groups (broad SMARTS) is 1. The molecule has 0 spiro atoms. The molecule has 9 nitrogen and oxygen atoms in total. The van der Waals surface area contributed by atoms with E-state index in [1.807, 2.05) is 0 Å². The van der Waals surface area contributed by atoms with Crippen molar-refractivity contribution in [2.24, 2.45) is 5.92 Å². The molecule has 9 heteroatoms. The number of aliphatic hydroxyl groups excluding tert-OH is 2. The first-order valence-corrected chi connectivity index (χ1v) is 7.99. The zero-order valence-corrected chi connectivity index (χ0v) is 13.5. The third-order valence-corrected chi connectivity index (χ3v) is 4.38. The fourth-order valence-corrected chi connectivity index (χ4v) is 2.87. The second kappa shape index (κ2) is 8.76. The van der Waals surface area contributed by atoms with E-state index < -0.39 is 17.9 Å². The predicted octanol–water partition coefficient (Wildman–Crippen LogP) is -1.46. The van der Waals surface area contributed by atoms with E-state index in [0.29, 0.717) is 19.5 Å². The van der Waals surface area contributed by atoms with Crippen molar-refractivity contribution in [3.05, 3.63) is 18.0 Å². The molecule has 1 aromatic rings. The highest BCUT2D eigenvalue weighted by Crippen LogP contribution is 2.14. The third-order valence-electron chi connectivity index (χ3n) is 4.38. The number of carboxylic acids is 1. The summed E-state index contributed by atoms with van der Waals surface area (Å²) < 4.78 is 0. The van der Waals surface area contributed by atoms with Gasteiger partial charge >= 0.3 is 5.97 Å². The van der Waals surface area contributed by atoms with Crippen LogP contribution in [0.5, 0.6) is 0 Å². The van der Waals surface area contributed by atoms with Crippen molar-refractivity contribution in [1.29, 1.82) is 0 Å². The number of H-pyrrole nitrogens is 1. The van der Waals surface area contributed by atoms with Gasteiger partial charge in [-0.15, -0.1) is 0 Å². The highest BCUT2D eigenvalue weighted by molar-refractivity contribution is 5.78. The predicted molar refractivity (Wildman–Crippen MR) is 84.1 cm³/mol. The van der Waals surface area contributed by atoms with Gasteiger partial charge in [-0.25, -0.2) is 0 Å². The molecule has 1 aliphatic heterocycles. The molecule has 2 rings (SSSR count). The molecular weight excluding hydrogens is 316 g/mol. The highest BCUT2D eigenvalue weighted by Gasteiger charge is 2.32. The molecule has 0 aromatic carbocycles. The van der Waals surface area contributed by atoms with Gasteiger partial charge in [0.1, 0.15) is 0 Å².